The van der Waals surface area contributed by atoms with Crippen LogP contribution in [-0.4, -0.2) is 45.6 Å². The lowest BCUT2D eigenvalue weighted by atomic mass is 10.0. The van der Waals surface area contributed by atoms with Gasteiger partial charge in [-0.25, -0.2) is 4.79 Å². The maximum Gasteiger partial charge on any atom is 0.335 e. The molecule has 8 nitrogen and oxygen atoms in total. The van der Waals surface area contributed by atoms with E-state index in [9.17, 15) is 4.79 Å². The van der Waals surface area contributed by atoms with Crippen molar-refractivity contribution in [3.63, 3.8) is 0 Å². The van der Waals surface area contributed by atoms with Gasteiger partial charge in [-0.15, -0.1) is 0 Å². The largest absolute Gasteiger partial charge is 0.495 e. The lowest BCUT2D eigenvalue weighted by Crippen LogP contribution is -2.20. The molecule has 8 heteroatoms. The minimum Gasteiger partial charge on any atom is -0.495 e. The zero-order chi connectivity index (χ0) is 21.6. The van der Waals surface area contributed by atoms with Crippen LogP contribution in [0.25, 0.3) is 0 Å². The number of hydrogen-bond acceptors (Lipinski definition) is 7. The summed E-state index contributed by atoms with van der Waals surface area (Å²) in [7, 11) is 8.05. The molecule has 1 aromatic heterocycles. The molecule has 0 fully saturated rings. The Morgan fingerprint density at radius 3 is 2.10 bits per heavy atom. The monoisotopic (exact) mass is 404 g/mol. The molecule has 2 rings (SSSR count). The van der Waals surface area contributed by atoms with E-state index in [0.29, 0.717) is 28.7 Å². The minimum atomic E-state index is -0.604. The lowest BCUT2D eigenvalue weighted by Gasteiger charge is -2.23. The average Bonchev–Trinajstić information content (AvgIpc) is 3.11. The Hall–Kier alpha value is -3.29. The maximum atomic E-state index is 12.4. The Labute approximate surface area is 171 Å². The van der Waals surface area contributed by atoms with E-state index in [0.717, 1.165) is 5.56 Å². The quantitative estimate of drug-likeness (QED) is 0.481. The van der Waals surface area contributed by atoms with Gasteiger partial charge >= 0.3 is 5.97 Å². The van der Waals surface area contributed by atoms with Gasteiger partial charge in [0.1, 0.15) is 5.75 Å². The van der Waals surface area contributed by atoms with Gasteiger partial charge in [-0.3, -0.25) is 0 Å². The van der Waals surface area contributed by atoms with Crippen LogP contribution in [0.15, 0.2) is 36.7 Å². The summed E-state index contributed by atoms with van der Waals surface area (Å²) in [6.07, 6.45) is 3.68. The number of aryl methyl sites for hydroxylation is 1. The first-order chi connectivity index (χ1) is 13.9. The lowest BCUT2D eigenvalue weighted by molar-refractivity contribution is -0.138. The van der Waals surface area contributed by atoms with E-state index in [1.165, 1.54) is 21.3 Å². The van der Waals surface area contributed by atoms with Crippen molar-refractivity contribution in [2.45, 2.75) is 13.0 Å². The highest BCUT2D eigenvalue weighted by molar-refractivity contribution is 5.90. The molecule has 29 heavy (non-hydrogen) atoms. The number of methoxy groups -OCH3 is 4. The van der Waals surface area contributed by atoms with Gasteiger partial charge in [0.25, 0.3) is 0 Å². The van der Waals surface area contributed by atoms with Crippen LogP contribution in [0.3, 0.4) is 0 Å². The molecule has 0 aliphatic carbocycles. The van der Waals surface area contributed by atoms with Crippen LogP contribution < -0.4 is 24.3 Å². The summed E-state index contributed by atoms with van der Waals surface area (Å²) in [5.74, 6) is 1.55. The smallest absolute Gasteiger partial charge is 0.335 e. The molecule has 158 valence electrons. The predicted molar refractivity (Wildman–Crippen MR) is 110 cm³/mol. The second kappa shape index (κ2) is 9.77. The number of esters is 1. The second-order valence-corrected chi connectivity index (χ2v) is 6.18. The molecular formula is C21H28N2O6. The number of carbonyl (C=O) groups is 1. The number of anilines is 1. The van der Waals surface area contributed by atoms with Crippen LogP contribution in [0, 0.1) is 0 Å². The van der Waals surface area contributed by atoms with Gasteiger partial charge in [0.05, 0.1) is 46.7 Å². The van der Waals surface area contributed by atoms with Crippen molar-refractivity contribution in [1.82, 2.24) is 4.57 Å². The van der Waals surface area contributed by atoms with Crippen LogP contribution in [0.2, 0.25) is 0 Å². The van der Waals surface area contributed by atoms with Crippen molar-refractivity contribution < 1.29 is 28.5 Å². The Bertz CT molecular complexity index is 849. The van der Waals surface area contributed by atoms with Crippen LogP contribution in [0.1, 0.15) is 18.5 Å². The summed E-state index contributed by atoms with van der Waals surface area (Å²) in [6.45, 7) is 5.96. The number of nitrogens with one attached hydrogen (secondary N) is 1. The number of benzene rings is 1. The summed E-state index contributed by atoms with van der Waals surface area (Å²) in [5, 5.41) is 3.31. The molecule has 1 heterocycles. The SMILES string of the molecule is C=C(C(=O)OCC)[C@@H](Nc1cc(OC)c(OC)c(OC)c1)c1cn(C)cc1OC. The third-order valence-corrected chi connectivity index (χ3v) is 4.34. The Kier molecular flexibility index (Phi) is 7.41. The summed E-state index contributed by atoms with van der Waals surface area (Å²) in [6, 6.07) is 2.90. The van der Waals surface area contributed by atoms with Crippen molar-refractivity contribution in [2.75, 3.05) is 40.4 Å². The molecule has 0 radical (unpaired) electrons. The summed E-state index contributed by atoms with van der Waals surface area (Å²) in [5.41, 5.74) is 1.62. The average molecular weight is 404 g/mol. The Morgan fingerprint density at radius 1 is 1.03 bits per heavy atom. The first-order valence-electron chi connectivity index (χ1n) is 9.02. The number of nitrogens with zero attached hydrogens (tertiary/aromatic N) is 1. The zero-order valence-electron chi connectivity index (χ0n) is 17.7. The van der Waals surface area contributed by atoms with Crippen molar-refractivity contribution in [3.8, 4) is 23.0 Å². The van der Waals surface area contributed by atoms with Gasteiger partial charge in [0, 0.05) is 42.8 Å². The van der Waals surface area contributed by atoms with Crippen molar-refractivity contribution >= 4 is 11.7 Å². The highest BCUT2D eigenvalue weighted by Crippen LogP contribution is 2.42. The Morgan fingerprint density at radius 2 is 1.62 bits per heavy atom. The normalized spacial score (nSPS) is 11.4. The third-order valence-electron chi connectivity index (χ3n) is 4.34. The van der Waals surface area contributed by atoms with E-state index in [1.54, 1.807) is 26.2 Å². The van der Waals surface area contributed by atoms with Gasteiger partial charge in [0.15, 0.2) is 11.5 Å². The van der Waals surface area contributed by atoms with Crippen LogP contribution in [-0.2, 0) is 16.6 Å². The topological polar surface area (TPSA) is 80.2 Å². The molecule has 0 spiro atoms. The summed E-state index contributed by atoms with van der Waals surface area (Å²) >= 11 is 0. The van der Waals surface area contributed by atoms with Crippen molar-refractivity contribution in [3.05, 3.63) is 42.2 Å². The third kappa shape index (κ3) is 4.77. The molecule has 1 aromatic carbocycles. The minimum absolute atomic E-state index is 0.241. The van der Waals surface area contributed by atoms with E-state index in [-0.39, 0.29) is 12.2 Å². The standard InChI is InChI=1S/C21H28N2O6/c1-8-29-21(24)13(2)19(15-11-23(3)12-18(15)27-6)22-14-9-16(25-4)20(28-7)17(10-14)26-5/h9-12,19,22H,2,8H2,1,3-7H3/t19-/m1/s1. The van der Waals surface area contributed by atoms with Gasteiger partial charge in [-0.1, -0.05) is 6.58 Å². The van der Waals surface area contributed by atoms with E-state index in [1.807, 2.05) is 24.0 Å². The molecule has 0 saturated carbocycles. The molecule has 1 atom stereocenters. The van der Waals surface area contributed by atoms with Crippen LogP contribution in [0.5, 0.6) is 23.0 Å². The highest BCUT2D eigenvalue weighted by atomic mass is 16.5. The molecule has 2 aromatic rings. The van der Waals surface area contributed by atoms with E-state index in [4.69, 9.17) is 23.7 Å². The number of ether oxygens (including phenoxy) is 5. The summed E-state index contributed by atoms with van der Waals surface area (Å²) < 4.78 is 28.7. The second-order valence-electron chi connectivity index (χ2n) is 6.18. The zero-order valence-corrected chi connectivity index (χ0v) is 17.7. The fraction of sp³-hybridized carbons (Fsp3) is 0.381. The predicted octanol–water partition coefficient (Wildman–Crippen LogP) is 3.33. The molecule has 0 aliphatic heterocycles. The Balaban J connectivity index is 2.53. The number of carbonyl (C=O) groups excluding carboxylic acids is 1. The van der Waals surface area contributed by atoms with Crippen molar-refractivity contribution in [2.24, 2.45) is 7.05 Å². The molecule has 0 saturated heterocycles. The van der Waals surface area contributed by atoms with E-state index < -0.39 is 12.0 Å². The van der Waals surface area contributed by atoms with E-state index in [2.05, 4.69) is 11.9 Å². The fourth-order valence-corrected chi connectivity index (χ4v) is 2.99. The van der Waals surface area contributed by atoms with E-state index >= 15 is 0 Å². The number of rotatable bonds is 10. The van der Waals surface area contributed by atoms with Crippen LogP contribution >= 0.6 is 0 Å². The fourth-order valence-electron chi connectivity index (χ4n) is 2.99. The highest BCUT2D eigenvalue weighted by Gasteiger charge is 2.27. The van der Waals surface area contributed by atoms with Crippen LogP contribution in [0.4, 0.5) is 5.69 Å². The molecule has 0 unspecified atom stereocenters. The van der Waals surface area contributed by atoms with Gasteiger partial charge in [-0.05, 0) is 6.92 Å². The molecule has 0 bridgehead atoms. The van der Waals surface area contributed by atoms with Gasteiger partial charge < -0.3 is 33.6 Å². The first kappa shape index (κ1) is 22.0. The number of aromatic nitrogens is 1. The van der Waals surface area contributed by atoms with Gasteiger partial charge in [0.2, 0.25) is 5.75 Å². The summed E-state index contributed by atoms with van der Waals surface area (Å²) in [4.78, 5) is 12.4. The molecule has 0 amide bonds. The molecule has 0 aliphatic rings. The molecule has 1 N–H and O–H groups in total. The maximum absolute atomic E-state index is 12.4. The first-order valence-corrected chi connectivity index (χ1v) is 9.02. The molecular weight excluding hydrogens is 376 g/mol. The van der Waals surface area contributed by atoms with Gasteiger partial charge in [-0.2, -0.15) is 0 Å². The van der Waals surface area contributed by atoms with Crippen molar-refractivity contribution in [1.29, 1.82) is 0 Å². The number of hydrogen-bond donors (Lipinski definition) is 1.